The third kappa shape index (κ3) is 4.24. The maximum absolute atomic E-state index is 12.9. The van der Waals surface area contributed by atoms with Gasteiger partial charge in [0.15, 0.2) is 5.16 Å². The maximum Gasteiger partial charge on any atom is 0.261 e. The summed E-state index contributed by atoms with van der Waals surface area (Å²) >= 11 is 1.32. The van der Waals surface area contributed by atoms with Gasteiger partial charge in [-0.15, -0.1) is 10.2 Å². The van der Waals surface area contributed by atoms with Crippen LogP contribution in [0, 0.1) is 13.8 Å². The molecule has 0 aliphatic carbocycles. The van der Waals surface area contributed by atoms with Gasteiger partial charge in [0.25, 0.3) is 5.56 Å². The summed E-state index contributed by atoms with van der Waals surface area (Å²) in [6.45, 7) is 7.64. The zero-order valence-corrected chi connectivity index (χ0v) is 17.5. The largest absolute Gasteiger partial charge is 0.353 e. The number of aryl methyl sites for hydroxylation is 2. The van der Waals surface area contributed by atoms with Crippen molar-refractivity contribution in [2.24, 2.45) is 7.05 Å². The predicted molar refractivity (Wildman–Crippen MR) is 109 cm³/mol. The van der Waals surface area contributed by atoms with E-state index in [0.717, 1.165) is 5.56 Å². The Bertz CT molecular complexity index is 1090. The van der Waals surface area contributed by atoms with E-state index in [1.54, 1.807) is 10.6 Å². The molecule has 8 nitrogen and oxygen atoms in total. The summed E-state index contributed by atoms with van der Waals surface area (Å²) in [6.07, 6.45) is 2.07. The summed E-state index contributed by atoms with van der Waals surface area (Å²) in [5.74, 6) is 0.872. The number of aromatic nitrogens is 5. The molecule has 0 bridgehead atoms. The molecule has 3 rings (SSSR count). The van der Waals surface area contributed by atoms with E-state index in [2.05, 4.69) is 20.5 Å². The minimum atomic E-state index is -0.101. The maximum atomic E-state index is 12.9. The van der Waals surface area contributed by atoms with Gasteiger partial charge < -0.3 is 9.88 Å². The van der Waals surface area contributed by atoms with Gasteiger partial charge in [0.2, 0.25) is 5.91 Å². The van der Waals surface area contributed by atoms with Crippen LogP contribution < -0.4 is 10.9 Å². The number of nitrogens with one attached hydrogen (secondary N) is 1. The van der Waals surface area contributed by atoms with E-state index in [-0.39, 0.29) is 23.3 Å². The number of carbonyl (C=O) groups is 1. The van der Waals surface area contributed by atoms with Crippen LogP contribution >= 0.6 is 11.8 Å². The van der Waals surface area contributed by atoms with Crippen molar-refractivity contribution in [2.75, 3.05) is 5.75 Å². The number of fused-ring (bicyclic) bond motifs is 1. The van der Waals surface area contributed by atoms with Crippen LogP contribution in [0.25, 0.3) is 5.65 Å². The summed E-state index contributed by atoms with van der Waals surface area (Å²) in [5, 5.41) is 11.9. The number of pyridine rings is 1. The van der Waals surface area contributed by atoms with Gasteiger partial charge >= 0.3 is 0 Å². The number of thioether (sulfide) groups is 1. The third-order valence-electron chi connectivity index (χ3n) is 4.33. The monoisotopic (exact) mass is 400 g/mol. The summed E-state index contributed by atoms with van der Waals surface area (Å²) in [7, 11) is 1.84. The number of nitrogens with zero attached hydrogens (tertiary/aromatic N) is 5. The Morgan fingerprint density at radius 3 is 2.75 bits per heavy atom. The molecule has 0 saturated carbocycles. The topological polar surface area (TPSA) is 94.2 Å². The lowest BCUT2D eigenvalue weighted by Gasteiger charge is -2.09. The van der Waals surface area contributed by atoms with Crippen molar-refractivity contribution in [1.29, 1.82) is 0 Å². The lowest BCUT2D eigenvalue weighted by atomic mass is 10.1. The van der Waals surface area contributed by atoms with Crippen molar-refractivity contribution in [3.63, 3.8) is 0 Å². The first-order valence-corrected chi connectivity index (χ1v) is 10.0. The highest BCUT2D eigenvalue weighted by Gasteiger charge is 2.16. The van der Waals surface area contributed by atoms with Gasteiger partial charge in [-0.1, -0.05) is 11.8 Å². The van der Waals surface area contributed by atoms with Crippen LogP contribution in [0.2, 0.25) is 0 Å². The van der Waals surface area contributed by atoms with E-state index in [1.165, 1.54) is 11.8 Å². The fraction of sp³-hybridized carbons (Fsp3) is 0.421. The second-order valence-electron chi connectivity index (χ2n) is 7.06. The predicted octanol–water partition coefficient (Wildman–Crippen LogP) is 1.65. The van der Waals surface area contributed by atoms with Gasteiger partial charge in [-0.05, 0) is 45.4 Å². The number of carbonyl (C=O) groups excluding carboxylic acids is 1. The van der Waals surface area contributed by atoms with E-state index in [9.17, 15) is 9.59 Å². The number of hydrogen-bond acceptors (Lipinski definition) is 6. The first-order chi connectivity index (χ1) is 13.3. The first kappa shape index (κ1) is 20.1. The van der Waals surface area contributed by atoms with E-state index in [0.29, 0.717) is 34.3 Å². The number of hydrogen-bond donors (Lipinski definition) is 1. The fourth-order valence-corrected chi connectivity index (χ4v) is 3.61. The van der Waals surface area contributed by atoms with Crippen molar-refractivity contribution >= 4 is 23.3 Å². The summed E-state index contributed by atoms with van der Waals surface area (Å²) in [6, 6.07) is 3.87. The second kappa shape index (κ2) is 8.14. The van der Waals surface area contributed by atoms with Gasteiger partial charge in [0.1, 0.15) is 11.5 Å². The van der Waals surface area contributed by atoms with Crippen molar-refractivity contribution in [2.45, 2.75) is 45.3 Å². The fourth-order valence-electron chi connectivity index (χ4n) is 2.87. The van der Waals surface area contributed by atoms with E-state index in [1.807, 2.05) is 51.4 Å². The van der Waals surface area contributed by atoms with Crippen molar-refractivity contribution < 1.29 is 4.79 Å². The molecular weight excluding hydrogens is 376 g/mol. The Morgan fingerprint density at radius 1 is 1.29 bits per heavy atom. The molecule has 1 amide bonds. The third-order valence-corrected chi connectivity index (χ3v) is 5.35. The van der Waals surface area contributed by atoms with Crippen LogP contribution in [0.5, 0.6) is 0 Å². The van der Waals surface area contributed by atoms with E-state index < -0.39 is 0 Å². The average Bonchev–Trinajstić information content (AvgIpc) is 2.95. The second-order valence-corrected chi connectivity index (χ2v) is 8.00. The first-order valence-electron chi connectivity index (χ1n) is 9.05. The van der Waals surface area contributed by atoms with Crippen molar-refractivity contribution in [1.82, 2.24) is 29.5 Å². The standard InChI is InChI=1S/C19H24N6O2S/c1-11(2)20-17(26)10-28-19-23-22-16(24(19)5)9-14-13(4)21-15-8-12(3)6-7-25(15)18(14)27/h6-8,11H,9-10H2,1-5H3,(H,20,26). The van der Waals surface area contributed by atoms with Crippen LogP contribution in [0.3, 0.4) is 0 Å². The Balaban J connectivity index is 1.83. The van der Waals surface area contributed by atoms with Crippen LogP contribution in [0.4, 0.5) is 0 Å². The Morgan fingerprint density at radius 2 is 2.04 bits per heavy atom. The number of amides is 1. The molecule has 0 spiro atoms. The molecule has 0 atom stereocenters. The molecule has 1 N–H and O–H groups in total. The molecule has 0 aliphatic heterocycles. The lowest BCUT2D eigenvalue weighted by Crippen LogP contribution is -2.31. The minimum Gasteiger partial charge on any atom is -0.353 e. The molecule has 148 valence electrons. The molecule has 9 heteroatoms. The minimum absolute atomic E-state index is 0.0485. The quantitative estimate of drug-likeness (QED) is 0.632. The molecule has 0 unspecified atom stereocenters. The van der Waals surface area contributed by atoms with Crippen LogP contribution in [-0.4, -0.2) is 41.9 Å². The Hall–Kier alpha value is -2.68. The molecule has 28 heavy (non-hydrogen) atoms. The van der Waals surface area contributed by atoms with Crippen LogP contribution in [-0.2, 0) is 18.3 Å². The molecule has 0 radical (unpaired) electrons. The zero-order valence-electron chi connectivity index (χ0n) is 16.7. The van der Waals surface area contributed by atoms with Crippen molar-refractivity contribution in [3.8, 4) is 0 Å². The molecule has 0 aromatic carbocycles. The van der Waals surface area contributed by atoms with Crippen molar-refractivity contribution in [3.05, 3.63) is 51.3 Å². The zero-order chi connectivity index (χ0) is 20.4. The van der Waals surface area contributed by atoms with Crippen LogP contribution in [0.15, 0.2) is 28.3 Å². The molecule has 0 fully saturated rings. The Labute approximate surface area is 167 Å². The summed E-state index contributed by atoms with van der Waals surface area (Å²) in [5.41, 5.74) is 2.86. The molecule has 0 saturated heterocycles. The molecule has 0 aliphatic rings. The normalized spacial score (nSPS) is 11.4. The highest BCUT2D eigenvalue weighted by molar-refractivity contribution is 7.99. The molecular formula is C19H24N6O2S. The van der Waals surface area contributed by atoms with Gasteiger partial charge in [0, 0.05) is 37.0 Å². The Kier molecular flexibility index (Phi) is 5.83. The number of rotatable bonds is 6. The highest BCUT2D eigenvalue weighted by atomic mass is 32.2. The SMILES string of the molecule is Cc1ccn2c(=O)c(Cc3nnc(SCC(=O)NC(C)C)n3C)c(C)nc2c1. The lowest BCUT2D eigenvalue weighted by molar-refractivity contribution is -0.119. The van der Waals surface area contributed by atoms with E-state index in [4.69, 9.17) is 0 Å². The van der Waals surface area contributed by atoms with Gasteiger partial charge in [-0.3, -0.25) is 14.0 Å². The average molecular weight is 401 g/mol. The van der Waals surface area contributed by atoms with Gasteiger partial charge in [-0.25, -0.2) is 4.98 Å². The molecule has 3 aromatic heterocycles. The van der Waals surface area contributed by atoms with E-state index >= 15 is 0 Å². The summed E-state index contributed by atoms with van der Waals surface area (Å²) in [4.78, 5) is 29.3. The molecule has 3 heterocycles. The van der Waals surface area contributed by atoms with Crippen LogP contribution in [0.1, 0.15) is 36.5 Å². The molecule has 3 aromatic rings. The van der Waals surface area contributed by atoms with Gasteiger partial charge in [-0.2, -0.15) is 0 Å². The highest BCUT2D eigenvalue weighted by Crippen LogP contribution is 2.17. The summed E-state index contributed by atoms with van der Waals surface area (Å²) < 4.78 is 3.37. The smallest absolute Gasteiger partial charge is 0.261 e. The van der Waals surface area contributed by atoms with Gasteiger partial charge in [0.05, 0.1) is 5.75 Å².